The molecule has 0 fully saturated rings. The summed E-state index contributed by atoms with van der Waals surface area (Å²) in [5.74, 6) is 0. The average Bonchev–Trinajstić information content (AvgIpc) is 2.60. The summed E-state index contributed by atoms with van der Waals surface area (Å²) in [6, 6.07) is 17.3. The number of rotatable bonds is 1. The van der Waals surface area contributed by atoms with Gasteiger partial charge in [-0.15, -0.1) is 0 Å². The SMILES string of the molecule is Cc1ccccc1N1c2ccccc2[N+](C)(I)[C@@H]1C. The molecule has 0 saturated carbocycles. The lowest BCUT2D eigenvalue weighted by atomic mass is 10.1. The first-order valence-electron chi connectivity index (χ1n) is 6.54. The number of hydrogen-bond donors (Lipinski definition) is 0. The van der Waals surface area contributed by atoms with Gasteiger partial charge in [0.1, 0.15) is 5.69 Å². The van der Waals surface area contributed by atoms with Gasteiger partial charge in [0.15, 0.2) is 11.9 Å². The molecule has 0 amide bonds. The van der Waals surface area contributed by atoms with Crippen LogP contribution in [0.5, 0.6) is 0 Å². The first-order valence-corrected chi connectivity index (χ1v) is 7.50. The minimum atomic E-state index is 0.388. The molecule has 2 nitrogen and oxygen atoms in total. The van der Waals surface area contributed by atoms with Crippen molar-refractivity contribution >= 4 is 39.9 Å². The normalized spacial score (nSPS) is 25.5. The van der Waals surface area contributed by atoms with Gasteiger partial charge in [0.2, 0.25) is 0 Å². The fourth-order valence-electron chi connectivity index (χ4n) is 2.82. The zero-order valence-electron chi connectivity index (χ0n) is 11.5. The van der Waals surface area contributed by atoms with Crippen LogP contribution in [0.4, 0.5) is 17.1 Å². The summed E-state index contributed by atoms with van der Waals surface area (Å²) in [7, 11) is 2.27. The molecule has 19 heavy (non-hydrogen) atoms. The Morgan fingerprint density at radius 2 is 1.58 bits per heavy atom. The number of fused-ring (bicyclic) bond motifs is 1. The number of nitrogens with zero attached hydrogens (tertiary/aromatic N) is 2. The number of para-hydroxylation sites is 3. The number of hydrogen-bond acceptors (Lipinski definition) is 1. The lowest BCUT2D eigenvalue weighted by molar-refractivity contribution is 0.497. The van der Waals surface area contributed by atoms with Crippen LogP contribution in [0.1, 0.15) is 12.5 Å². The fraction of sp³-hybridized carbons (Fsp3) is 0.250. The minimum Gasteiger partial charge on any atom is -0.285 e. The van der Waals surface area contributed by atoms with E-state index >= 15 is 0 Å². The van der Waals surface area contributed by atoms with Crippen molar-refractivity contribution in [2.45, 2.75) is 20.0 Å². The van der Waals surface area contributed by atoms with Gasteiger partial charge < -0.3 is 0 Å². The van der Waals surface area contributed by atoms with E-state index in [9.17, 15) is 0 Å². The van der Waals surface area contributed by atoms with Crippen molar-refractivity contribution in [1.29, 1.82) is 0 Å². The first-order chi connectivity index (χ1) is 9.03. The zero-order valence-corrected chi connectivity index (χ0v) is 13.6. The smallest absolute Gasteiger partial charge is 0.256 e. The van der Waals surface area contributed by atoms with Crippen molar-refractivity contribution < 1.29 is 0 Å². The highest BCUT2D eigenvalue weighted by atomic mass is 127. The predicted molar refractivity (Wildman–Crippen MR) is 91.0 cm³/mol. The number of quaternary nitrogens is 1. The van der Waals surface area contributed by atoms with Crippen molar-refractivity contribution in [3.8, 4) is 0 Å². The van der Waals surface area contributed by atoms with Gasteiger partial charge in [-0.2, -0.15) is 0 Å². The van der Waals surface area contributed by atoms with Crippen LogP contribution < -0.4 is 7.60 Å². The molecule has 2 aromatic carbocycles. The minimum absolute atomic E-state index is 0.388. The van der Waals surface area contributed by atoms with Gasteiger partial charge in [-0.25, -0.2) is 2.70 Å². The summed E-state index contributed by atoms with van der Waals surface area (Å²) in [5, 5.41) is 0. The summed E-state index contributed by atoms with van der Waals surface area (Å²) < 4.78 is 0.863. The second kappa shape index (κ2) is 4.49. The highest BCUT2D eigenvalue weighted by Crippen LogP contribution is 2.50. The summed E-state index contributed by atoms with van der Waals surface area (Å²) in [6.07, 6.45) is 0.388. The maximum atomic E-state index is 2.53. The summed E-state index contributed by atoms with van der Waals surface area (Å²) >= 11 is 2.53. The first kappa shape index (κ1) is 12.9. The van der Waals surface area contributed by atoms with Crippen LogP contribution in [-0.4, -0.2) is 13.2 Å². The molecule has 1 heterocycles. The largest absolute Gasteiger partial charge is 0.285 e. The highest BCUT2D eigenvalue weighted by Gasteiger charge is 2.45. The number of anilines is 2. The molecule has 0 N–H and O–H groups in total. The molecule has 3 rings (SSSR count). The number of benzene rings is 2. The van der Waals surface area contributed by atoms with E-state index in [0.717, 1.165) is 2.70 Å². The second-order valence-corrected chi connectivity index (χ2v) is 7.24. The molecule has 1 unspecified atom stereocenters. The molecule has 0 aliphatic carbocycles. The van der Waals surface area contributed by atoms with Gasteiger partial charge in [-0.3, -0.25) is 4.90 Å². The topological polar surface area (TPSA) is 3.24 Å². The molecular weight excluding hydrogens is 347 g/mol. The lowest BCUT2D eigenvalue weighted by Gasteiger charge is -2.30. The Balaban J connectivity index is 2.21. The van der Waals surface area contributed by atoms with E-state index in [-0.39, 0.29) is 0 Å². The van der Waals surface area contributed by atoms with Crippen LogP contribution in [0.2, 0.25) is 0 Å². The molecular formula is C16H18IN2+. The van der Waals surface area contributed by atoms with Crippen LogP contribution in [0.25, 0.3) is 0 Å². The maximum Gasteiger partial charge on any atom is 0.256 e. The highest BCUT2D eigenvalue weighted by molar-refractivity contribution is 14.1. The third-order valence-corrected chi connectivity index (χ3v) is 5.39. The predicted octanol–water partition coefficient (Wildman–Crippen LogP) is 4.78. The van der Waals surface area contributed by atoms with Gasteiger partial charge in [-0.1, -0.05) is 30.3 Å². The van der Waals surface area contributed by atoms with Crippen LogP contribution >= 0.6 is 22.9 Å². The standard InChI is InChI=1S/C16H18IN2/c1-12-8-4-5-9-14(12)18-13(2)19(3,17)16-11-7-6-10-15(16)18/h4-11,13H,1-3H3/q+1/t13-,19?/m1/s1. The molecule has 0 bridgehead atoms. The third kappa shape index (κ3) is 1.87. The summed E-state index contributed by atoms with van der Waals surface area (Å²) in [5.41, 5.74) is 5.32. The Hall–Kier alpha value is -1.07. The van der Waals surface area contributed by atoms with E-state index in [2.05, 4.69) is 97.2 Å². The van der Waals surface area contributed by atoms with Crippen LogP contribution in [0.3, 0.4) is 0 Å². The molecule has 2 aromatic rings. The Labute approximate surface area is 128 Å². The van der Waals surface area contributed by atoms with Crippen molar-refractivity contribution in [3.05, 3.63) is 54.1 Å². The Morgan fingerprint density at radius 3 is 2.26 bits per heavy atom. The van der Waals surface area contributed by atoms with E-state index in [4.69, 9.17) is 0 Å². The molecule has 98 valence electrons. The molecule has 0 radical (unpaired) electrons. The van der Waals surface area contributed by atoms with Crippen molar-refractivity contribution in [3.63, 3.8) is 0 Å². The van der Waals surface area contributed by atoms with Gasteiger partial charge >= 0.3 is 0 Å². The number of aryl methyl sites for hydroxylation is 1. The third-order valence-electron chi connectivity index (χ3n) is 4.06. The monoisotopic (exact) mass is 365 g/mol. The lowest BCUT2D eigenvalue weighted by Crippen LogP contribution is -2.45. The van der Waals surface area contributed by atoms with E-state index in [1.165, 1.54) is 22.6 Å². The Bertz CT molecular complexity index is 622. The molecule has 1 aliphatic rings. The van der Waals surface area contributed by atoms with E-state index in [1.807, 2.05) is 0 Å². The van der Waals surface area contributed by atoms with Gasteiger partial charge in [0, 0.05) is 18.7 Å². The van der Waals surface area contributed by atoms with Gasteiger partial charge in [0.05, 0.1) is 7.05 Å². The van der Waals surface area contributed by atoms with Gasteiger partial charge in [-0.05, 0) is 24.6 Å². The molecule has 2 atom stereocenters. The maximum absolute atomic E-state index is 2.53. The molecule has 0 saturated heterocycles. The molecule has 0 spiro atoms. The summed E-state index contributed by atoms with van der Waals surface area (Å²) in [6.45, 7) is 4.47. The second-order valence-electron chi connectivity index (χ2n) is 5.24. The van der Waals surface area contributed by atoms with E-state index in [0.29, 0.717) is 6.17 Å². The molecule has 1 aliphatic heterocycles. The summed E-state index contributed by atoms with van der Waals surface area (Å²) in [4.78, 5) is 2.46. The van der Waals surface area contributed by atoms with E-state index in [1.54, 1.807) is 0 Å². The van der Waals surface area contributed by atoms with E-state index < -0.39 is 0 Å². The van der Waals surface area contributed by atoms with Crippen LogP contribution in [0.15, 0.2) is 48.5 Å². The van der Waals surface area contributed by atoms with Crippen molar-refractivity contribution in [2.24, 2.45) is 0 Å². The van der Waals surface area contributed by atoms with Crippen LogP contribution in [-0.2, 0) is 0 Å². The zero-order chi connectivity index (χ0) is 13.6. The molecule has 3 heteroatoms. The quantitative estimate of drug-likeness (QED) is 0.519. The fourth-order valence-corrected chi connectivity index (χ4v) is 3.48. The van der Waals surface area contributed by atoms with Crippen LogP contribution in [0, 0.1) is 6.92 Å². The number of halogens is 1. The average molecular weight is 365 g/mol. The Morgan fingerprint density at radius 1 is 1.00 bits per heavy atom. The Kier molecular flexibility index (Phi) is 3.06. The van der Waals surface area contributed by atoms with Crippen molar-refractivity contribution in [2.75, 3.05) is 11.9 Å². The molecule has 0 aromatic heterocycles. The van der Waals surface area contributed by atoms with Crippen molar-refractivity contribution in [1.82, 2.24) is 2.70 Å². The van der Waals surface area contributed by atoms with Gasteiger partial charge in [0.25, 0.3) is 22.9 Å².